The van der Waals surface area contributed by atoms with Gasteiger partial charge in [0.15, 0.2) is 0 Å². The fourth-order valence-corrected chi connectivity index (χ4v) is 1.65. The number of nitrogens with zero attached hydrogens (tertiary/aromatic N) is 1. The minimum atomic E-state index is 0.358. The molecule has 0 aliphatic rings. The number of ether oxygens (including phenoxy) is 1. The molecule has 3 nitrogen and oxygen atoms in total. The van der Waals surface area contributed by atoms with Crippen LogP contribution in [-0.4, -0.2) is 49.8 Å². The summed E-state index contributed by atoms with van der Waals surface area (Å²) in [5, 5.41) is 3.46. The van der Waals surface area contributed by atoms with E-state index in [1.807, 2.05) is 0 Å². The van der Waals surface area contributed by atoms with Crippen LogP contribution in [0.4, 0.5) is 0 Å². The summed E-state index contributed by atoms with van der Waals surface area (Å²) in [5.74, 6) is 0. The third kappa shape index (κ3) is 9.13. The number of nitrogens with one attached hydrogen (secondary N) is 1. The van der Waals surface area contributed by atoms with Gasteiger partial charge in [-0.2, -0.15) is 0 Å². The van der Waals surface area contributed by atoms with Crippen molar-refractivity contribution in [2.45, 2.75) is 53.2 Å². The van der Waals surface area contributed by atoms with Gasteiger partial charge in [-0.15, -0.1) is 0 Å². The van der Waals surface area contributed by atoms with Crippen molar-refractivity contribution in [3.05, 3.63) is 0 Å². The lowest BCUT2D eigenvalue weighted by molar-refractivity contribution is 0.0769. The summed E-state index contributed by atoms with van der Waals surface area (Å²) in [6.45, 7) is 16.2. The Morgan fingerprint density at radius 3 is 2.31 bits per heavy atom. The zero-order valence-electron chi connectivity index (χ0n) is 11.8. The van der Waals surface area contributed by atoms with Gasteiger partial charge in [-0.1, -0.05) is 6.92 Å². The Hall–Kier alpha value is -0.120. The highest BCUT2D eigenvalue weighted by Crippen LogP contribution is 1.95. The van der Waals surface area contributed by atoms with Crippen LogP contribution in [0.15, 0.2) is 0 Å². The Bertz CT molecular complexity index is 149. The van der Waals surface area contributed by atoms with Crippen molar-refractivity contribution in [1.82, 2.24) is 10.2 Å². The zero-order valence-corrected chi connectivity index (χ0v) is 11.8. The Morgan fingerprint density at radius 2 is 1.81 bits per heavy atom. The summed E-state index contributed by atoms with van der Waals surface area (Å²) in [6.07, 6.45) is 1.46. The van der Waals surface area contributed by atoms with Crippen LogP contribution in [-0.2, 0) is 4.74 Å². The second-order valence-electron chi connectivity index (χ2n) is 4.75. The number of rotatable bonds is 10. The van der Waals surface area contributed by atoms with Gasteiger partial charge in [0, 0.05) is 25.7 Å². The maximum absolute atomic E-state index is 5.48. The Labute approximate surface area is 102 Å². The molecule has 0 saturated heterocycles. The smallest absolute Gasteiger partial charge is 0.0518 e. The molecule has 0 rings (SSSR count). The first kappa shape index (κ1) is 15.9. The molecule has 0 heterocycles. The lowest BCUT2D eigenvalue weighted by Gasteiger charge is -2.24. The molecule has 0 aromatic rings. The van der Waals surface area contributed by atoms with Crippen molar-refractivity contribution in [1.29, 1.82) is 0 Å². The molecule has 0 aliphatic carbocycles. The summed E-state index contributed by atoms with van der Waals surface area (Å²) in [5.41, 5.74) is 0. The van der Waals surface area contributed by atoms with Crippen LogP contribution in [0.3, 0.4) is 0 Å². The molecular weight excluding hydrogens is 200 g/mol. The summed E-state index contributed by atoms with van der Waals surface area (Å²) >= 11 is 0. The van der Waals surface area contributed by atoms with Crippen LogP contribution in [0.25, 0.3) is 0 Å². The molecule has 1 N–H and O–H groups in total. The van der Waals surface area contributed by atoms with E-state index in [1.54, 1.807) is 0 Å². The van der Waals surface area contributed by atoms with E-state index in [-0.39, 0.29) is 0 Å². The molecular formula is C13H30N2O. The van der Waals surface area contributed by atoms with Gasteiger partial charge in [0.25, 0.3) is 0 Å². The van der Waals surface area contributed by atoms with Gasteiger partial charge in [0.1, 0.15) is 0 Å². The highest BCUT2D eigenvalue weighted by atomic mass is 16.5. The number of hydrogen-bond acceptors (Lipinski definition) is 3. The molecule has 0 unspecified atom stereocenters. The largest absolute Gasteiger partial charge is 0.379 e. The lowest BCUT2D eigenvalue weighted by Crippen LogP contribution is -2.37. The van der Waals surface area contributed by atoms with Crippen molar-refractivity contribution in [3.8, 4) is 0 Å². The van der Waals surface area contributed by atoms with E-state index < -0.39 is 0 Å². The SMILES string of the molecule is CCN(CCNCCCOC(C)C)C(C)C. The van der Waals surface area contributed by atoms with Crippen LogP contribution in [0.2, 0.25) is 0 Å². The first-order chi connectivity index (χ1) is 7.57. The third-order valence-corrected chi connectivity index (χ3v) is 2.66. The molecule has 0 saturated carbocycles. The molecule has 3 heteroatoms. The second kappa shape index (κ2) is 10.1. The van der Waals surface area contributed by atoms with Gasteiger partial charge in [0.05, 0.1) is 6.10 Å². The first-order valence-electron chi connectivity index (χ1n) is 6.64. The van der Waals surface area contributed by atoms with E-state index in [2.05, 4.69) is 44.8 Å². The fraction of sp³-hybridized carbons (Fsp3) is 1.00. The Morgan fingerprint density at radius 1 is 1.12 bits per heavy atom. The summed E-state index contributed by atoms with van der Waals surface area (Å²) in [4.78, 5) is 2.47. The molecule has 0 fully saturated rings. The van der Waals surface area contributed by atoms with Gasteiger partial charge >= 0.3 is 0 Å². The summed E-state index contributed by atoms with van der Waals surface area (Å²) < 4.78 is 5.48. The number of hydrogen-bond donors (Lipinski definition) is 1. The van der Waals surface area contributed by atoms with Crippen molar-refractivity contribution in [3.63, 3.8) is 0 Å². The maximum atomic E-state index is 5.48. The Balaban J connectivity index is 3.26. The normalized spacial score (nSPS) is 12.0. The first-order valence-corrected chi connectivity index (χ1v) is 6.64. The van der Waals surface area contributed by atoms with E-state index in [0.29, 0.717) is 12.1 Å². The zero-order chi connectivity index (χ0) is 12.4. The topological polar surface area (TPSA) is 24.5 Å². The van der Waals surface area contributed by atoms with Crippen LogP contribution in [0.5, 0.6) is 0 Å². The quantitative estimate of drug-likeness (QED) is 0.582. The molecule has 98 valence electrons. The average Bonchev–Trinajstić information content (AvgIpc) is 2.21. The molecule has 0 bridgehead atoms. The molecule has 0 aromatic heterocycles. The van der Waals surface area contributed by atoms with Crippen molar-refractivity contribution >= 4 is 0 Å². The van der Waals surface area contributed by atoms with Crippen molar-refractivity contribution in [2.24, 2.45) is 0 Å². The van der Waals surface area contributed by atoms with Gasteiger partial charge in [-0.25, -0.2) is 0 Å². The molecule has 0 aromatic carbocycles. The van der Waals surface area contributed by atoms with Crippen LogP contribution in [0.1, 0.15) is 41.0 Å². The highest BCUT2D eigenvalue weighted by molar-refractivity contribution is 4.62. The molecule has 0 radical (unpaired) electrons. The van der Waals surface area contributed by atoms with E-state index in [0.717, 1.165) is 39.2 Å². The highest BCUT2D eigenvalue weighted by Gasteiger charge is 2.04. The fourth-order valence-electron chi connectivity index (χ4n) is 1.65. The summed E-state index contributed by atoms with van der Waals surface area (Å²) in [7, 11) is 0. The molecule has 16 heavy (non-hydrogen) atoms. The van der Waals surface area contributed by atoms with Gasteiger partial charge in [-0.05, 0) is 47.2 Å². The third-order valence-electron chi connectivity index (χ3n) is 2.66. The van der Waals surface area contributed by atoms with Gasteiger partial charge in [0.2, 0.25) is 0 Å². The molecule has 0 atom stereocenters. The van der Waals surface area contributed by atoms with Crippen LogP contribution < -0.4 is 5.32 Å². The molecule has 0 aliphatic heterocycles. The second-order valence-corrected chi connectivity index (χ2v) is 4.75. The lowest BCUT2D eigenvalue weighted by atomic mass is 10.3. The number of likely N-dealkylation sites (N-methyl/N-ethyl adjacent to an activating group) is 1. The van der Waals surface area contributed by atoms with E-state index in [4.69, 9.17) is 4.74 Å². The minimum absolute atomic E-state index is 0.358. The van der Waals surface area contributed by atoms with Crippen molar-refractivity contribution < 1.29 is 4.74 Å². The predicted molar refractivity (Wildman–Crippen MR) is 71.0 cm³/mol. The molecule has 0 amide bonds. The van der Waals surface area contributed by atoms with E-state index >= 15 is 0 Å². The van der Waals surface area contributed by atoms with Crippen LogP contribution >= 0.6 is 0 Å². The Kier molecular flexibility index (Phi) is 9.99. The van der Waals surface area contributed by atoms with Crippen LogP contribution in [0, 0.1) is 0 Å². The minimum Gasteiger partial charge on any atom is -0.379 e. The average molecular weight is 230 g/mol. The van der Waals surface area contributed by atoms with E-state index in [9.17, 15) is 0 Å². The molecule has 0 spiro atoms. The predicted octanol–water partition coefficient (Wildman–Crippen LogP) is 2.12. The van der Waals surface area contributed by atoms with Gasteiger partial charge < -0.3 is 10.1 Å². The summed E-state index contributed by atoms with van der Waals surface area (Å²) in [6, 6.07) is 0.649. The van der Waals surface area contributed by atoms with Crippen molar-refractivity contribution in [2.75, 3.05) is 32.8 Å². The maximum Gasteiger partial charge on any atom is 0.0518 e. The van der Waals surface area contributed by atoms with E-state index in [1.165, 1.54) is 0 Å². The monoisotopic (exact) mass is 230 g/mol. The standard InChI is InChI=1S/C13H30N2O/c1-6-15(12(2)3)10-9-14-8-7-11-16-13(4)5/h12-14H,6-11H2,1-5H3. The van der Waals surface area contributed by atoms with Gasteiger partial charge in [-0.3, -0.25) is 4.90 Å².